The van der Waals surface area contributed by atoms with Crippen molar-refractivity contribution < 1.29 is 13.9 Å². The summed E-state index contributed by atoms with van der Waals surface area (Å²) in [5.41, 5.74) is 0.444. The number of hydrogen-bond acceptors (Lipinski definition) is 2. The van der Waals surface area contributed by atoms with Crippen molar-refractivity contribution in [1.82, 2.24) is 5.32 Å². The maximum atomic E-state index is 13.6. The number of rotatable bonds is 6. The molecule has 4 heteroatoms. The molecule has 0 aliphatic heterocycles. The first-order valence-corrected chi connectivity index (χ1v) is 6.27. The van der Waals surface area contributed by atoms with Gasteiger partial charge in [-0.3, -0.25) is 0 Å². The third kappa shape index (κ3) is 4.03. The molecule has 102 valence electrons. The summed E-state index contributed by atoms with van der Waals surface area (Å²) in [5, 5.41) is 12.3. The van der Waals surface area contributed by atoms with Crippen molar-refractivity contribution in [3.63, 3.8) is 0 Å². The lowest BCUT2D eigenvalue weighted by atomic mass is 9.98. The molecular weight excluding hydrogens is 236 g/mol. The molecule has 1 rings (SSSR count). The fraction of sp³-hybridized carbons (Fsp3) is 0.571. The van der Waals surface area contributed by atoms with Crippen LogP contribution in [0.4, 0.5) is 8.78 Å². The van der Waals surface area contributed by atoms with Crippen molar-refractivity contribution in [3.8, 4) is 0 Å². The van der Waals surface area contributed by atoms with Gasteiger partial charge in [-0.25, -0.2) is 8.78 Å². The summed E-state index contributed by atoms with van der Waals surface area (Å²) in [6, 6.07) is 3.49. The summed E-state index contributed by atoms with van der Waals surface area (Å²) in [6.07, 6.45) is 0.616. The van der Waals surface area contributed by atoms with Crippen LogP contribution in [0.25, 0.3) is 0 Å². The second-order valence-corrected chi connectivity index (χ2v) is 4.92. The molecule has 0 fully saturated rings. The van der Waals surface area contributed by atoms with Gasteiger partial charge in [-0.15, -0.1) is 0 Å². The lowest BCUT2D eigenvalue weighted by Gasteiger charge is -2.26. The highest BCUT2D eigenvalue weighted by Gasteiger charge is 2.18. The smallest absolute Gasteiger partial charge is 0.130 e. The van der Waals surface area contributed by atoms with Crippen molar-refractivity contribution in [2.75, 3.05) is 6.61 Å². The zero-order valence-corrected chi connectivity index (χ0v) is 11.1. The van der Waals surface area contributed by atoms with E-state index in [0.717, 1.165) is 6.07 Å². The van der Waals surface area contributed by atoms with E-state index in [0.29, 0.717) is 17.9 Å². The van der Waals surface area contributed by atoms with Crippen molar-refractivity contribution >= 4 is 0 Å². The molecule has 1 aromatic rings. The minimum atomic E-state index is -0.570. The van der Waals surface area contributed by atoms with Crippen LogP contribution in [0.15, 0.2) is 18.2 Å². The van der Waals surface area contributed by atoms with E-state index >= 15 is 0 Å². The normalized spacial score (nSPS) is 14.8. The highest BCUT2D eigenvalue weighted by Crippen LogP contribution is 2.20. The van der Waals surface area contributed by atoms with Crippen molar-refractivity contribution in [1.29, 1.82) is 0 Å². The van der Waals surface area contributed by atoms with Crippen LogP contribution in [0, 0.1) is 17.6 Å². The summed E-state index contributed by atoms with van der Waals surface area (Å²) in [4.78, 5) is 0. The minimum Gasteiger partial charge on any atom is -0.396 e. The minimum absolute atomic E-state index is 0.0917. The van der Waals surface area contributed by atoms with Crippen LogP contribution < -0.4 is 5.32 Å². The third-order valence-corrected chi connectivity index (χ3v) is 3.14. The van der Waals surface area contributed by atoms with Crippen LogP contribution >= 0.6 is 0 Å². The monoisotopic (exact) mass is 257 g/mol. The molecule has 2 N–H and O–H groups in total. The van der Waals surface area contributed by atoms with Crippen molar-refractivity contribution in [3.05, 3.63) is 35.4 Å². The molecule has 0 radical (unpaired) electrons. The Hall–Kier alpha value is -1.00. The maximum absolute atomic E-state index is 13.6. The van der Waals surface area contributed by atoms with Gasteiger partial charge in [0.2, 0.25) is 0 Å². The fourth-order valence-electron chi connectivity index (χ4n) is 2.01. The molecule has 0 aromatic heterocycles. The highest BCUT2D eigenvalue weighted by molar-refractivity contribution is 5.21. The first kappa shape index (κ1) is 15.1. The van der Waals surface area contributed by atoms with Crippen LogP contribution in [-0.2, 0) is 0 Å². The molecule has 0 spiro atoms. The van der Waals surface area contributed by atoms with Crippen LogP contribution in [0.2, 0.25) is 0 Å². The van der Waals surface area contributed by atoms with Crippen LogP contribution in [0.3, 0.4) is 0 Å². The van der Waals surface area contributed by atoms with Crippen molar-refractivity contribution in [2.24, 2.45) is 5.92 Å². The molecule has 0 aliphatic carbocycles. The molecule has 0 aliphatic rings. The van der Waals surface area contributed by atoms with Gasteiger partial charge in [-0.05, 0) is 25.3 Å². The van der Waals surface area contributed by atoms with Gasteiger partial charge < -0.3 is 10.4 Å². The Labute approximate surface area is 107 Å². The standard InChI is InChI=1S/C14H21F2NO/c1-9(2)14(6-7-18)17-10(3)12-5-4-11(15)8-13(12)16/h4-5,8-10,14,17-18H,6-7H2,1-3H3. The average molecular weight is 257 g/mol. The van der Waals surface area contributed by atoms with E-state index in [2.05, 4.69) is 5.32 Å². The topological polar surface area (TPSA) is 32.3 Å². The number of halogens is 2. The molecule has 2 nitrogen and oxygen atoms in total. The predicted octanol–water partition coefficient (Wildman–Crippen LogP) is 3.02. The molecule has 0 saturated heterocycles. The Morgan fingerprint density at radius 2 is 1.89 bits per heavy atom. The van der Waals surface area contributed by atoms with Crippen LogP contribution in [0.1, 0.15) is 38.8 Å². The Morgan fingerprint density at radius 1 is 1.22 bits per heavy atom. The summed E-state index contributed by atoms with van der Waals surface area (Å²) in [6.45, 7) is 6.01. The van der Waals surface area contributed by atoms with Crippen LogP contribution in [-0.4, -0.2) is 17.8 Å². The Kier molecular flexibility index (Phi) is 5.69. The van der Waals surface area contributed by atoms with Gasteiger partial charge in [-0.1, -0.05) is 19.9 Å². The van der Waals surface area contributed by atoms with E-state index in [4.69, 9.17) is 5.11 Å². The molecule has 0 amide bonds. The molecule has 2 atom stereocenters. The zero-order valence-electron chi connectivity index (χ0n) is 11.1. The van der Waals surface area contributed by atoms with E-state index in [1.54, 1.807) is 0 Å². The Bertz CT molecular complexity index is 382. The SMILES string of the molecule is CC(NC(CCO)C(C)C)c1ccc(F)cc1F. The number of benzene rings is 1. The molecule has 0 saturated carbocycles. The van der Waals surface area contributed by atoms with E-state index in [-0.39, 0.29) is 18.7 Å². The number of aliphatic hydroxyl groups excluding tert-OH is 1. The first-order chi connectivity index (χ1) is 8.45. The number of hydrogen-bond donors (Lipinski definition) is 2. The molecule has 0 heterocycles. The molecular formula is C14H21F2NO. The average Bonchev–Trinajstić information content (AvgIpc) is 2.27. The molecule has 1 aromatic carbocycles. The second-order valence-electron chi connectivity index (χ2n) is 4.92. The van der Waals surface area contributed by atoms with Gasteiger partial charge in [0, 0.05) is 30.3 Å². The first-order valence-electron chi connectivity index (χ1n) is 6.27. The van der Waals surface area contributed by atoms with E-state index in [9.17, 15) is 8.78 Å². The van der Waals surface area contributed by atoms with Crippen molar-refractivity contribution in [2.45, 2.75) is 39.3 Å². The maximum Gasteiger partial charge on any atom is 0.130 e. The molecule has 18 heavy (non-hydrogen) atoms. The zero-order chi connectivity index (χ0) is 13.7. The summed E-state index contributed by atoms with van der Waals surface area (Å²) in [5.74, 6) is -0.774. The second kappa shape index (κ2) is 6.81. The molecule has 0 bridgehead atoms. The lowest BCUT2D eigenvalue weighted by molar-refractivity contribution is 0.236. The van der Waals surface area contributed by atoms with Gasteiger partial charge in [0.25, 0.3) is 0 Å². The summed E-state index contributed by atoms with van der Waals surface area (Å²) in [7, 11) is 0. The fourth-order valence-corrected chi connectivity index (χ4v) is 2.01. The largest absolute Gasteiger partial charge is 0.396 e. The molecule has 2 unspecified atom stereocenters. The van der Waals surface area contributed by atoms with Gasteiger partial charge in [-0.2, -0.15) is 0 Å². The van der Waals surface area contributed by atoms with Gasteiger partial charge in [0.15, 0.2) is 0 Å². The predicted molar refractivity (Wildman–Crippen MR) is 68.2 cm³/mol. The van der Waals surface area contributed by atoms with E-state index < -0.39 is 11.6 Å². The number of aliphatic hydroxyl groups is 1. The van der Waals surface area contributed by atoms with E-state index in [1.165, 1.54) is 12.1 Å². The Morgan fingerprint density at radius 3 is 2.39 bits per heavy atom. The third-order valence-electron chi connectivity index (χ3n) is 3.14. The summed E-state index contributed by atoms with van der Waals surface area (Å²) < 4.78 is 26.4. The number of nitrogens with one attached hydrogen (secondary N) is 1. The lowest BCUT2D eigenvalue weighted by Crippen LogP contribution is -2.36. The van der Waals surface area contributed by atoms with Crippen LogP contribution in [0.5, 0.6) is 0 Å². The van der Waals surface area contributed by atoms with Gasteiger partial charge >= 0.3 is 0 Å². The summed E-state index contributed by atoms with van der Waals surface area (Å²) >= 11 is 0. The van der Waals surface area contributed by atoms with E-state index in [1.807, 2.05) is 20.8 Å². The van der Waals surface area contributed by atoms with Gasteiger partial charge in [0.1, 0.15) is 11.6 Å². The quantitative estimate of drug-likeness (QED) is 0.821. The highest BCUT2D eigenvalue weighted by atomic mass is 19.1. The Balaban J connectivity index is 2.76. The van der Waals surface area contributed by atoms with Gasteiger partial charge in [0.05, 0.1) is 0 Å².